The Balaban J connectivity index is 1.07. The van der Waals surface area contributed by atoms with Gasteiger partial charge in [-0.2, -0.15) is 0 Å². The van der Waals surface area contributed by atoms with Crippen molar-refractivity contribution in [2.45, 2.75) is 57.3 Å². The fourth-order valence-electron chi connectivity index (χ4n) is 5.68. The Morgan fingerprint density at radius 1 is 0.730 bits per heavy atom. The summed E-state index contributed by atoms with van der Waals surface area (Å²) >= 11 is 0. The number of ether oxygens (including phenoxy) is 3. The van der Waals surface area contributed by atoms with E-state index in [4.69, 9.17) is 14.2 Å². The molecule has 2 aromatic carbocycles. The number of carbonyl (C=O) groups is 1. The number of fused-ring (bicyclic) bond motifs is 1. The van der Waals surface area contributed by atoms with E-state index in [9.17, 15) is 4.79 Å². The Hall–Kier alpha value is -2.57. The van der Waals surface area contributed by atoms with Crippen molar-refractivity contribution < 1.29 is 19.0 Å². The second-order valence-corrected chi connectivity index (χ2v) is 10.7. The van der Waals surface area contributed by atoms with E-state index in [2.05, 4.69) is 9.80 Å². The van der Waals surface area contributed by atoms with Crippen LogP contribution in [0.1, 0.15) is 73.2 Å². The number of piperidine rings is 2. The van der Waals surface area contributed by atoms with Gasteiger partial charge in [-0.25, -0.2) is 0 Å². The van der Waals surface area contributed by atoms with Gasteiger partial charge in [-0.1, -0.05) is 25.0 Å². The highest BCUT2D eigenvalue weighted by Crippen LogP contribution is 2.35. The zero-order valence-corrected chi connectivity index (χ0v) is 22.2. The van der Waals surface area contributed by atoms with Crippen LogP contribution in [0.2, 0.25) is 0 Å². The highest BCUT2D eigenvalue weighted by molar-refractivity contribution is 6.04. The number of hydrogen-bond acceptors (Lipinski definition) is 6. The van der Waals surface area contributed by atoms with Gasteiger partial charge in [-0.3, -0.25) is 9.69 Å². The Morgan fingerprint density at radius 3 is 2.11 bits per heavy atom. The molecule has 1 atom stereocenters. The van der Waals surface area contributed by atoms with Crippen LogP contribution in [0.15, 0.2) is 42.5 Å². The third kappa shape index (κ3) is 7.26. The van der Waals surface area contributed by atoms with E-state index >= 15 is 0 Å². The van der Waals surface area contributed by atoms with E-state index in [1.807, 2.05) is 42.5 Å². The summed E-state index contributed by atoms with van der Waals surface area (Å²) in [7, 11) is 0. The summed E-state index contributed by atoms with van der Waals surface area (Å²) in [6, 6.07) is 13.5. The zero-order valence-electron chi connectivity index (χ0n) is 22.2. The molecule has 2 aromatic rings. The van der Waals surface area contributed by atoms with Gasteiger partial charge in [-0.15, -0.1) is 0 Å². The molecule has 5 rings (SSSR count). The second kappa shape index (κ2) is 13.3. The molecule has 0 N–H and O–H groups in total. The number of hydrogen-bond donors (Lipinski definition) is 0. The smallest absolute Gasteiger partial charge is 0.177 e. The van der Waals surface area contributed by atoms with E-state index in [0.717, 1.165) is 43.0 Å². The molecular formula is C31H42N2O4. The van der Waals surface area contributed by atoms with Gasteiger partial charge in [0.2, 0.25) is 0 Å². The Kier molecular flexibility index (Phi) is 9.36. The van der Waals surface area contributed by atoms with Gasteiger partial charge in [0, 0.05) is 12.6 Å². The molecule has 3 aliphatic heterocycles. The summed E-state index contributed by atoms with van der Waals surface area (Å²) in [5, 5.41) is 0. The van der Waals surface area contributed by atoms with Crippen molar-refractivity contribution in [3.63, 3.8) is 0 Å². The Morgan fingerprint density at radius 2 is 1.38 bits per heavy atom. The van der Waals surface area contributed by atoms with E-state index in [0.29, 0.717) is 31.1 Å². The first-order valence-corrected chi connectivity index (χ1v) is 14.4. The molecule has 6 heteroatoms. The first-order chi connectivity index (χ1) is 18.3. The van der Waals surface area contributed by atoms with Gasteiger partial charge in [0.1, 0.15) is 30.5 Å². The van der Waals surface area contributed by atoms with Gasteiger partial charge in [0.15, 0.2) is 5.78 Å². The van der Waals surface area contributed by atoms with Gasteiger partial charge < -0.3 is 19.1 Å². The first-order valence-electron chi connectivity index (χ1n) is 14.4. The van der Waals surface area contributed by atoms with Crippen LogP contribution in [0.4, 0.5) is 0 Å². The molecule has 1 unspecified atom stereocenters. The van der Waals surface area contributed by atoms with Crippen LogP contribution < -0.4 is 14.2 Å². The maximum atomic E-state index is 13.2. The van der Waals surface area contributed by atoms with E-state index in [1.165, 1.54) is 64.7 Å². The minimum absolute atomic E-state index is 0.105. The minimum Gasteiger partial charge on any atom is -0.493 e. The molecule has 0 radical (unpaired) electrons. The van der Waals surface area contributed by atoms with Crippen LogP contribution in [0, 0.1) is 0 Å². The van der Waals surface area contributed by atoms with Crippen molar-refractivity contribution in [1.82, 2.24) is 9.80 Å². The third-order valence-electron chi connectivity index (χ3n) is 7.93. The molecule has 37 heavy (non-hydrogen) atoms. The summed E-state index contributed by atoms with van der Waals surface area (Å²) in [4.78, 5) is 18.3. The molecule has 2 fully saturated rings. The van der Waals surface area contributed by atoms with Gasteiger partial charge in [0.05, 0.1) is 18.1 Å². The van der Waals surface area contributed by atoms with Gasteiger partial charge in [-0.05, 0) is 101 Å². The molecule has 3 aliphatic rings. The summed E-state index contributed by atoms with van der Waals surface area (Å²) in [6.45, 7) is 8.72. The van der Waals surface area contributed by atoms with Crippen molar-refractivity contribution >= 4 is 5.78 Å². The fourth-order valence-corrected chi connectivity index (χ4v) is 5.68. The van der Waals surface area contributed by atoms with E-state index in [-0.39, 0.29) is 11.7 Å². The molecule has 200 valence electrons. The second-order valence-electron chi connectivity index (χ2n) is 10.7. The third-order valence-corrected chi connectivity index (χ3v) is 7.93. The van der Waals surface area contributed by atoms with Crippen molar-refractivity contribution in [2.24, 2.45) is 0 Å². The van der Waals surface area contributed by atoms with Crippen molar-refractivity contribution in [2.75, 3.05) is 59.1 Å². The van der Waals surface area contributed by atoms with E-state index < -0.39 is 0 Å². The molecule has 3 heterocycles. The number of likely N-dealkylation sites (tertiary alicyclic amines) is 2. The van der Waals surface area contributed by atoms with Crippen LogP contribution in [-0.4, -0.2) is 74.7 Å². The quantitative estimate of drug-likeness (QED) is 0.372. The number of ketones is 1. The largest absolute Gasteiger partial charge is 0.493 e. The minimum atomic E-state index is -0.295. The predicted octanol–water partition coefficient (Wildman–Crippen LogP) is 5.56. The first kappa shape index (κ1) is 26.1. The average Bonchev–Trinajstić information content (AvgIpc) is 2.95. The van der Waals surface area contributed by atoms with Gasteiger partial charge in [0.25, 0.3) is 0 Å². The molecule has 0 bridgehead atoms. The SMILES string of the molecule is O=C1c2ccc(OCCCCN3CCCCC3)cc2OCC1c1ccc(OCCN2CCCCC2)cc1. The Bertz CT molecular complexity index is 997. The van der Waals surface area contributed by atoms with E-state index in [1.54, 1.807) is 0 Å². The van der Waals surface area contributed by atoms with Crippen LogP contribution in [0.5, 0.6) is 17.2 Å². The average molecular weight is 507 g/mol. The number of unbranched alkanes of at least 4 members (excludes halogenated alkanes) is 1. The van der Waals surface area contributed by atoms with Crippen LogP contribution in [0.25, 0.3) is 0 Å². The number of rotatable bonds is 11. The Labute approximate surface area is 221 Å². The molecule has 0 aliphatic carbocycles. The molecule has 0 aromatic heterocycles. The highest BCUT2D eigenvalue weighted by atomic mass is 16.5. The normalized spacial score (nSPS) is 20.8. The number of nitrogens with zero attached hydrogens (tertiary/aromatic N) is 2. The number of carbonyl (C=O) groups excluding carboxylic acids is 1. The fraction of sp³-hybridized carbons (Fsp3) is 0.581. The monoisotopic (exact) mass is 506 g/mol. The van der Waals surface area contributed by atoms with Crippen LogP contribution in [0.3, 0.4) is 0 Å². The molecule has 0 amide bonds. The maximum Gasteiger partial charge on any atom is 0.177 e. The lowest BCUT2D eigenvalue weighted by molar-refractivity contribution is 0.0896. The summed E-state index contributed by atoms with van der Waals surface area (Å²) in [5.41, 5.74) is 1.60. The molecule has 0 spiro atoms. The van der Waals surface area contributed by atoms with Crippen molar-refractivity contribution in [1.29, 1.82) is 0 Å². The zero-order chi connectivity index (χ0) is 25.3. The van der Waals surface area contributed by atoms with Crippen LogP contribution in [-0.2, 0) is 0 Å². The van der Waals surface area contributed by atoms with Crippen molar-refractivity contribution in [3.05, 3.63) is 53.6 Å². The standard InChI is InChI=1S/C31H42N2O4/c34-31-28-14-13-27(35-21-8-7-19-32-15-3-1-4-16-32)23-30(28)37-24-29(31)25-9-11-26(12-10-25)36-22-20-33-17-5-2-6-18-33/h9-14,23,29H,1-8,15-22,24H2. The predicted molar refractivity (Wildman–Crippen MR) is 146 cm³/mol. The van der Waals surface area contributed by atoms with Crippen LogP contribution >= 0.6 is 0 Å². The maximum absolute atomic E-state index is 13.2. The molecule has 0 saturated carbocycles. The highest BCUT2D eigenvalue weighted by Gasteiger charge is 2.30. The number of Topliss-reactive ketones (excluding diaryl/α,β-unsaturated/α-hetero) is 1. The molecule has 2 saturated heterocycles. The number of benzene rings is 2. The molecular weight excluding hydrogens is 464 g/mol. The summed E-state index contributed by atoms with van der Waals surface area (Å²) < 4.78 is 17.9. The summed E-state index contributed by atoms with van der Waals surface area (Å²) in [6.07, 6.45) is 10.2. The lowest BCUT2D eigenvalue weighted by Crippen LogP contribution is -2.33. The van der Waals surface area contributed by atoms with Gasteiger partial charge >= 0.3 is 0 Å². The topological polar surface area (TPSA) is 51.2 Å². The van der Waals surface area contributed by atoms with Crippen molar-refractivity contribution in [3.8, 4) is 17.2 Å². The summed E-state index contributed by atoms with van der Waals surface area (Å²) in [5.74, 6) is 2.06. The molecule has 6 nitrogen and oxygen atoms in total. The lowest BCUT2D eigenvalue weighted by atomic mass is 9.89. The lowest BCUT2D eigenvalue weighted by Gasteiger charge is -2.26.